The van der Waals surface area contributed by atoms with E-state index in [1.54, 1.807) is 30.5 Å². The largest absolute Gasteiger partial charge is 0.389 e. The maximum Gasteiger partial charge on any atom is 0.201 e. The second kappa shape index (κ2) is 3.64. The van der Waals surface area contributed by atoms with E-state index in [1.807, 2.05) is 6.07 Å². The van der Waals surface area contributed by atoms with Crippen LogP contribution in [0.25, 0.3) is 11.0 Å². The molecular formula is C11H14ClN3O. The Morgan fingerprint density at radius 2 is 2.19 bits per heavy atom. The Balaban J connectivity index is 2.58. The van der Waals surface area contributed by atoms with Gasteiger partial charge in [0.25, 0.3) is 0 Å². The quantitative estimate of drug-likeness (QED) is 0.843. The standard InChI is InChI=1S/C11H14ClN3O/c1-11(2,16)6-15-9-5-7(12)3-4-8(9)14-10(15)13/h3-5,16H,6H2,1-2H3,(H2,13,14). The van der Waals surface area contributed by atoms with Crippen LogP contribution in [0, 0.1) is 0 Å². The molecule has 2 rings (SSSR count). The normalized spacial score (nSPS) is 12.2. The number of aromatic nitrogens is 2. The van der Waals surface area contributed by atoms with E-state index in [-0.39, 0.29) is 0 Å². The molecule has 0 aliphatic heterocycles. The lowest BCUT2D eigenvalue weighted by atomic mass is 10.1. The van der Waals surface area contributed by atoms with Crippen LogP contribution in [0.4, 0.5) is 5.95 Å². The number of halogens is 1. The molecule has 0 saturated heterocycles. The first-order valence-corrected chi connectivity index (χ1v) is 5.38. The summed E-state index contributed by atoms with van der Waals surface area (Å²) < 4.78 is 1.77. The fraction of sp³-hybridized carbons (Fsp3) is 0.364. The summed E-state index contributed by atoms with van der Waals surface area (Å²) in [7, 11) is 0. The van der Waals surface area contributed by atoms with Crippen molar-refractivity contribution < 1.29 is 5.11 Å². The van der Waals surface area contributed by atoms with Gasteiger partial charge in [0.2, 0.25) is 5.95 Å². The fourth-order valence-electron chi connectivity index (χ4n) is 1.67. The molecule has 1 heterocycles. The van der Waals surface area contributed by atoms with Crippen molar-refractivity contribution in [2.45, 2.75) is 26.0 Å². The van der Waals surface area contributed by atoms with Gasteiger partial charge in [0.1, 0.15) is 0 Å². The summed E-state index contributed by atoms with van der Waals surface area (Å²) in [6.07, 6.45) is 0. The highest BCUT2D eigenvalue weighted by atomic mass is 35.5. The lowest BCUT2D eigenvalue weighted by Crippen LogP contribution is -2.26. The molecule has 0 radical (unpaired) electrons. The molecule has 86 valence electrons. The number of rotatable bonds is 2. The predicted octanol–water partition coefficient (Wildman–Crippen LogP) is 2.04. The van der Waals surface area contributed by atoms with Gasteiger partial charge in [0.15, 0.2) is 0 Å². The van der Waals surface area contributed by atoms with E-state index in [0.717, 1.165) is 11.0 Å². The number of nitrogen functional groups attached to an aromatic ring is 1. The number of imidazole rings is 1. The predicted molar refractivity (Wildman–Crippen MR) is 65.5 cm³/mol. The minimum Gasteiger partial charge on any atom is -0.389 e. The van der Waals surface area contributed by atoms with Crippen LogP contribution in [0.15, 0.2) is 18.2 Å². The molecule has 2 aromatic rings. The molecule has 0 amide bonds. The summed E-state index contributed by atoms with van der Waals surface area (Å²) >= 11 is 5.93. The van der Waals surface area contributed by atoms with E-state index >= 15 is 0 Å². The first-order valence-electron chi connectivity index (χ1n) is 5.00. The Labute approximate surface area is 98.6 Å². The zero-order chi connectivity index (χ0) is 11.9. The Morgan fingerprint density at radius 1 is 1.50 bits per heavy atom. The van der Waals surface area contributed by atoms with Gasteiger partial charge in [0, 0.05) is 5.02 Å². The molecule has 0 saturated carbocycles. The van der Waals surface area contributed by atoms with Crippen LogP contribution in [0.3, 0.4) is 0 Å². The van der Waals surface area contributed by atoms with Crippen LogP contribution in [0.5, 0.6) is 0 Å². The monoisotopic (exact) mass is 239 g/mol. The van der Waals surface area contributed by atoms with Gasteiger partial charge in [-0.2, -0.15) is 0 Å². The average molecular weight is 240 g/mol. The van der Waals surface area contributed by atoms with E-state index < -0.39 is 5.60 Å². The van der Waals surface area contributed by atoms with Crippen LogP contribution in [0.1, 0.15) is 13.8 Å². The van der Waals surface area contributed by atoms with Crippen LogP contribution in [-0.4, -0.2) is 20.3 Å². The molecule has 16 heavy (non-hydrogen) atoms. The molecular weight excluding hydrogens is 226 g/mol. The van der Waals surface area contributed by atoms with E-state index in [0.29, 0.717) is 17.5 Å². The summed E-state index contributed by atoms with van der Waals surface area (Å²) in [5.74, 6) is 0.388. The van der Waals surface area contributed by atoms with Crippen molar-refractivity contribution in [1.29, 1.82) is 0 Å². The minimum absolute atomic E-state index is 0.385. The van der Waals surface area contributed by atoms with E-state index in [1.165, 1.54) is 0 Å². The molecule has 0 unspecified atom stereocenters. The number of anilines is 1. The SMILES string of the molecule is CC(C)(O)Cn1c(N)nc2ccc(Cl)cc21. The summed E-state index contributed by atoms with van der Waals surface area (Å²) in [5.41, 5.74) is 6.59. The highest BCUT2D eigenvalue weighted by molar-refractivity contribution is 6.31. The molecule has 3 N–H and O–H groups in total. The average Bonchev–Trinajstić information content (AvgIpc) is 2.42. The molecule has 4 nitrogen and oxygen atoms in total. The first kappa shape index (κ1) is 11.2. The molecule has 0 fully saturated rings. The summed E-state index contributed by atoms with van der Waals surface area (Å²) in [6, 6.07) is 5.38. The van der Waals surface area contributed by atoms with Gasteiger partial charge in [-0.15, -0.1) is 0 Å². The van der Waals surface area contributed by atoms with Crippen molar-refractivity contribution in [3.05, 3.63) is 23.2 Å². The molecule has 0 aliphatic carbocycles. The number of hydrogen-bond acceptors (Lipinski definition) is 3. The summed E-state index contributed by atoms with van der Waals surface area (Å²) in [5, 5.41) is 10.4. The van der Waals surface area contributed by atoms with Crippen LogP contribution < -0.4 is 5.73 Å². The summed E-state index contributed by atoms with van der Waals surface area (Å²) in [4.78, 5) is 4.21. The molecule has 1 aromatic heterocycles. The molecule has 0 aliphatic rings. The topological polar surface area (TPSA) is 64.1 Å². The minimum atomic E-state index is -0.843. The smallest absolute Gasteiger partial charge is 0.201 e. The lowest BCUT2D eigenvalue weighted by Gasteiger charge is -2.19. The number of nitrogens with two attached hydrogens (primary N) is 1. The maximum atomic E-state index is 9.81. The summed E-state index contributed by atoms with van der Waals surface area (Å²) in [6.45, 7) is 3.83. The number of nitrogens with zero attached hydrogens (tertiary/aromatic N) is 2. The third kappa shape index (κ3) is 2.13. The van der Waals surface area contributed by atoms with Crippen LogP contribution in [0.2, 0.25) is 5.02 Å². The van der Waals surface area contributed by atoms with Gasteiger partial charge in [-0.05, 0) is 32.0 Å². The van der Waals surface area contributed by atoms with Crippen molar-refractivity contribution in [2.75, 3.05) is 5.73 Å². The van der Waals surface area contributed by atoms with Crippen molar-refractivity contribution in [3.63, 3.8) is 0 Å². The van der Waals surface area contributed by atoms with E-state index in [2.05, 4.69) is 4.98 Å². The van der Waals surface area contributed by atoms with Crippen molar-refractivity contribution in [2.24, 2.45) is 0 Å². The van der Waals surface area contributed by atoms with Crippen LogP contribution in [-0.2, 0) is 6.54 Å². The number of fused-ring (bicyclic) bond motifs is 1. The van der Waals surface area contributed by atoms with Gasteiger partial charge in [-0.1, -0.05) is 11.6 Å². The zero-order valence-corrected chi connectivity index (χ0v) is 9.99. The maximum absolute atomic E-state index is 9.81. The van der Waals surface area contributed by atoms with Gasteiger partial charge < -0.3 is 15.4 Å². The molecule has 5 heteroatoms. The van der Waals surface area contributed by atoms with Crippen molar-refractivity contribution in [3.8, 4) is 0 Å². The fourth-order valence-corrected chi connectivity index (χ4v) is 1.83. The Kier molecular flexibility index (Phi) is 2.56. The van der Waals surface area contributed by atoms with Gasteiger partial charge in [-0.3, -0.25) is 0 Å². The molecule has 0 spiro atoms. The molecule has 1 aromatic carbocycles. The van der Waals surface area contributed by atoms with Crippen LogP contribution >= 0.6 is 11.6 Å². The van der Waals surface area contributed by atoms with Crippen molar-refractivity contribution >= 4 is 28.6 Å². The van der Waals surface area contributed by atoms with Gasteiger partial charge >= 0.3 is 0 Å². The third-order valence-electron chi connectivity index (χ3n) is 2.28. The van der Waals surface area contributed by atoms with E-state index in [4.69, 9.17) is 17.3 Å². The Morgan fingerprint density at radius 3 is 2.81 bits per heavy atom. The number of aliphatic hydroxyl groups is 1. The van der Waals surface area contributed by atoms with Gasteiger partial charge in [0.05, 0.1) is 23.2 Å². The van der Waals surface area contributed by atoms with Gasteiger partial charge in [-0.25, -0.2) is 4.98 Å². The Hall–Kier alpha value is -1.26. The number of hydrogen-bond donors (Lipinski definition) is 2. The van der Waals surface area contributed by atoms with E-state index in [9.17, 15) is 5.11 Å². The zero-order valence-electron chi connectivity index (χ0n) is 9.24. The Bertz CT molecular complexity index is 528. The molecule has 0 bridgehead atoms. The second-order valence-corrected chi connectivity index (χ2v) is 4.94. The molecule has 0 atom stereocenters. The highest BCUT2D eigenvalue weighted by Crippen LogP contribution is 2.23. The first-order chi connectivity index (χ1) is 7.37. The second-order valence-electron chi connectivity index (χ2n) is 4.50. The third-order valence-corrected chi connectivity index (χ3v) is 2.52. The number of benzene rings is 1. The lowest BCUT2D eigenvalue weighted by molar-refractivity contribution is 0.0633. The highest BCUT2D eigenvalue weighted by Gasteiger charge is 2.17. The van der Waals surface area contributed by atoms with Crippen molar-refractivity contribution in [1.82, 2.24) is 9.55 Å².